The number of aromatic nitrogens is 4. The lowest BCUT2D eigenvalue weighted by molar-refractivity contribution is 1.33. The molecule has 0 radical (unpaired) electrons. The third-order valence-corrected chi connectivity index (χ3v) is 9.86. The van der Waals surface area contributed by atoms with Gasteiger partial charge < -0.3 is 0 Å². The quantitative estimate of drug-likeness (QED) is 0.180. The van der Waals surface area contributed by atoms with Crippen molar-refractivity contribution < 1.29 is 0 Å². The van der Waals surface area contributed by atoms with Crippen LogP contribution in [0.1, 0.15) is 0 Å². The number of rotatable bonds is 4. The summed E-state index contributed by atoms with van der Waals surface area (Å²) in [6.45, 7) is 0. The summed E-state index contributed by atoms with van der Waals surface area (Å²) < 4.78 is 0. The van der Waals surface area contributed by atoms with E-state index < -0.39 is 0 Å². The third-order valence-electron chi connectivity index (χ3n) is 9.86. The van der Waals surface area contributed by atoms with Crippen LogP contribution >= 0.6 is 0 Å². The molecule has 0 unspecified atom stereocenters. The lowest BCUT2D eigenvalue weighted by Gasteiger charge is -2.14. The zero-order chi connectivity index (χ0) is 33.0. The van der Waals surface area contributed by atoms with Crippen molar-refractivity contribution in [3.8, 4) is 44.8 Å². The first-order valence-corrected chi connectivity index (χ1v) is 16.8. The van der Waals surface area contributed by atoms with E-state index in [0.717, 1.165) is 66.6 Å². The molecule has 4 nitrogen and oxygen atoms in total. The van der Waals surface area contributed by atoms with Gasteiger partial charge in [-0.3, -0.25) is 19.9 Å². The maximum Gasteiger partial charge on any atom is 0.0708 e. The fraction of sp³-hybridized carbons (Fsp3) is 0. The van der Waals surface area contributed by atoms with Crippen molar-refractivity contribution in [3.63, 3.8) is 0 Å². The Balaban J connectivity index is 1.10. The summed E-state index contributed by atoms with van der Waals surface area (Å²) >= 11 is 0. The number of fused-ring (bicyclic) bond motifs is 8. The molecule has 0 amide bonds. The standard InChI is InChI=1S/C46H28N4/c1-2-8-36-35(7-1)41-25-31(45-27-29(19-23-49-45)33-9-3-13-43-39(33)11-5-21-47-43)15-17-37(41)38-18-16-32(26-42(36)38)46-28-30(20-24-50-46)34-10-4-14-44-40(34)12-6-22-48-44/h1-28H. The van der Waals surface area contributed by atoms with Crippen molar-refractivity contribution >= 4 is 54.1 Å². The van der Waals surface area contributed by atoms with Gasteiger partial charge in [0.1, 0.15) is 0 Å². The zero-order valence-corrected chi connectivity index (χ0v) is 27.0. The first-order valence-electron chi connectivity index (χ1n) is 16.8. The molecule has 0 N–H and O–H groups in total. The van der Waals surface area contributed by atoms with Crippen molar-refractivity contribution in [2.45, 2.75) is 0 Å². The molecule has 10 rings (SSSR count). The zero-order valence-electron chi connectivity index (χ0n) is 27.0. The summed E-state index contributed by atoms with van der Waals surface area (Å²) in [5, 5.41) is 9.57. The van der Waals surface area contributed by atoms with E-state index in [-0.39, 0.29) is 0 Å². The molecule has 4 aromatic heterocycles. The third kappa shape index (κ3) is 4.61. The summed E-state index contributed by atoms with van der Waals surface area (Å²) in [6.07, 6.45) is 7.50. The summed E-state index contributed by atoms with van der Waals surface area (Å²) in [6, 6.07) is 51.6. The normalized spacial score (nSPS) is 11.6. The van der Waals surface area contributed by atoms with Crippen molar-refractivity contribution in [3.05, 3.63) is 170 Å². The van der Waals surface area contributed by atoms with E-state index in [1.54, 1.807) is 0 Å². The maximum absolute atomic E-state index is 4.83. The van der Waals surface area contributed by atoms with Crippen molar-refractivity contribution in [2.75, 3.05) is 0 Å². The largest absolute Gasteiger partial charge is 0.256 e. The fourth-order valence-electron chi connectivity index (χ4n) is 7.50. The van der Waals surface area contributed by atoms with Gasteiger partial charge in [-0.2, -0.15) is 0 Å². The van der Waals surface area contributed by atoms with E-state index in [4.69, 9.17) is 9.97 Å². The summed E-state index contributed by atoms with van der Waals surface area (Å²) in [7, 11) is 0. The average Bonchev–Trinajstić information content (AvgIpc) is 3.20. The molecule has 0 atom stereocenters. The minimum absolute atomic E-state index is 0.942. The first-order chi connectivity index (χ1) is 24.8. The number of benzene rings is 6. The number of nitrogens with zero attached hydrogens (tertiary/aromatic N) is 4. The molecule has 6 aromatic carbocycles. The molecule has 232 valence electrons. The molecule has 4 heteroatoms. The Labute approximate surface area is 288 Å². The molecule has 0 fully saturated rings. The molecule has 10 aromatic rings. The molecule has 0 bridgehead atoms. The van der Waals surface area contributed by atoms with Gasteiger partial charge in [0.25, 0.3) is 0 Å². The molecule has 0 aliphatic carbocycles. The Morgan fingerprint density at radius 1 is 0.260 bits per heavy atom. The lowest BCUT2D eigenvalue weighted by atomic mass is 9.91. The maximum atomic E-state index is 4.83. The van der Waals surface area contributed by atoms with Crippen LogP contribution in [0.25, 0.3) is 98.9 Å². The van der Waals surface area contributed by atoms with Gasteiger partial charge in [0, 0.05) is 46.7 Å². The predicted molar refractivity (Wildman–Crippen MR) is 207 cm³/mol. The van der Waals surface area contributed by atoms with Gasteiger partial charge in [-0.25, -0.2) is 0 Å². The molecule has 0 spiro atoms. The minimum Gasteiger partial charge on any atom is -0.256 e. The number of pyridine rings is 4. The Hall–Kier alpha value is -6.78. The molecule has 0 aliphatic heterocycles. The summed E-state index contributed by atoms with van der Waals surface area (Å²) in [5.74, 6) is 0. The SMILES string of the molecule is c1cc(-c2ccnc(-c3ccc4c5ccc(-c6cc(-c7cccc8ncccc78)ccn6)cc5c5ccccc5c4c3)c2)c2cccnc2c1. The van der Waals surface area contributed by atoms with Gasteiger partial charge in [-0.1, -0.05) is 84.9 Å². The Kier molecular flexibility index (Phi) is 6.46. The molecule has 0 aliphatic rings. The smallest absolute Gasteiger partial charge is 0.0708 e. The van der Waals surface area contributed by atoms with Crippen LogP contribution in [0.2, 0.25) is 0 Å². The Morgan fingerprint density at radius 2 is 0.720 bits per heavy atom. The second-order valence-corrected chi connectivity index (χ2v) is 12.7. The highest BCUT2D eigenvalue weighted by molar-refractivity contribution is 6.26. The Bertz CT molecular complexity index is 2720. The van der Waals surface area contributed by atoms with Crippen LogP contribution < -0.4 is 0 Å². The molecule has 50 heavy (non-hydrogen) atoms. The highest BCUT2D eigenvalue weighted by Crippen LogP contribution is 2.40. The van der Waals surface area contributed by atoms with Gasteiger partial charge in [-0.15, -0.1) is 0 Å². The van der Waals surface area contributed by atoms with Crippen molar-refractivity contribution in [1.29, 1.82) is 0 Å². The molecule has 0 saturated heterocycles. The van der Waals surface area contributed by atoms with Gasteiger partial charge in [0.05, 0.1) is 22.4 Å². The number of hydrogen-bond donors (Lipinski definition) is 0. The van der Waals surface area contributed by atoms with Crippen LogP contribution in [-0.4, -0.2) is 19.9 Å². The van der Waals surface area contributed by atoms with E-state index in [9.17, 15) is 0 Å². The van der Waals surface area contributed by atoms with E-state index in [1.165, 1.54) is 32.3 Å². The van der Waals surface area contributed by atoms with Crippen LogP contribution in [0, 0.1) is 0 Å². The van der Waals surface area contributed by atoms with Crippen LogP contribution in [-0.2, 0) is 0 Å². The molecular weight excluding hydrogens is 609 g/mol. The van der Waals surface area contributed by atoms with Crippen molar-refractivity contribution in [1.82, 2.24) is 19.9 Å². The van der Waals surface area contributed by atoms with Crippen LogP contribution in [0.3, 0.4) is 0 Å². The van der Waals surface area contributed by atoms with E-state index in [2.05, 4.69) is 143 Å². The van der Waals surface area contributed by atoms with Crippen molar-refractivity contribution in [2.24, 2.45) is 0 Å². The van der Waals surface area contributed by atoms with Gasteiger partial charge >= 0.3 is 0 Å². The predicted octanol–water partition coefficient (Wildman–Crippen LogP) is 11.7. The fourth-order valence-corrected chi connectivity index (χ4v) is 7.50. The monoisotopic (exact) mass is 636 g/mol. The molecule has 4 heterocycles. The first kappa shape index (κ1) is 28.3. The molecular formula is C46H28N4. The Morgan fingerprint density at radius 3 is 1.22 bits per heavy atom. The minimum atomic E-state index is 0.942. The van der Waals surface area contributed by atoms with Gasteiger partial charge in [0.15, 0.2) is 0 Å². The highest BCUT2D eigenvalue weighted by atomic mass is 14.7. The van der Waals surface area contributed by atoms with Gasteiger partial charge in [-0.05, 0) is 115 Å². The second-order valence-electron chi connectivity index (χ2n) is 12.7. The highest BCUT2D eigenvalue weighted by Gasteiger charge is 2.14. The van der Waals surface area contributed by atoms with Crippen LogP contribution in [0.15, 0.2) is 170 Å². The van der Waals surface area contributed by atoms with Crippen LogP contribution in [0.4, 0.5) is 0 Å². The van der Waals surface area contributed by atoms with Crippen LogP contribution in [0.5, 0.6) is 0 Å². The summed E-state index contributed by atoms with van der Waals surface area (Å²) in [4.78, 5) is 18.8. The van der Waals surface area contributed by atoms with Gasteiger partial charge in [0.2, 0.25) is 0 Å². The average molecular weight is 637 g/mol. The van der Waals surface area contributed by atoms with E-state index in [1.807, 2.05) is 36.9 Å². The second kappa shape index (κ2) is 11.4. The van der Waals surface area contributed by atoms with E-state index in [0.29, 0.717) is 0 Å². The molecule has 0 saturated carbocycles. The lowest BCUT2D eigenvalue weighted by Crippen LogP contribution is -1.90. The topological polar surface area (TPSA) is 51.6 Å². The summed E-state index contributed by atoms with van der Waals surface area (Å²) in [5.41, 5.74) is 10.6. The van der Waals surface area contributed by atoms with E-state index >= 15 is 0 Å². The number of hydrogen-bond acceptors (Lipinski definition) is 4.